The maximum Gasteiger partial charge on any atom is 0.157 e. The lowest BCUT2D eigenvalue weighted by Crippen LogP contribution is -2.22. The summed E-state index contributed by atoms with van der Waals surface area (Å²) < 4.78 is 11.3. The third-order valence-corrected chi connectivity index (χ3v) is 5.62. The fourth-order valence-electron chi connectivity index (χ4n) is 3.98. The number of hydrogen-bond donors (Lipinski definition) is 0. The normalized spacial score (nSPS) is 32.3. The van der Waals surface area contributed by atoms with E-state index in [4.69, 9.17) is 9.47 Å². The van der Waals surface area contributed by atoms with E-state index in [2.05, 4.69) is 0 Å². The van der Waals surface area contributed by atoms with Crippen LogP contribution in [0.3, 0.4) is 0 Å². The molecule has 2 nitrogen and oxygen atoms in total. The van der Waals surface area contributed by atoms with Crippen molar-refractivity contribution < 1.29 is 9.47 Å². The molecule has 1 aliphatic heterocycles. The fraction of sp³-hybridized carbons (Fsp3) is 1.00. The largest absolute Gasteiger partial charge is 0.353 e. The lowest BCUT2D eigenvalue weighted by Gasteiger charge is -2.22. The van der Waals surface area contributed by atoms with Crippen molar-refractivity contribution in [1.82, 2.24) is 0 Å². The van der Waals surface area contributed by atoms with Crippen LogP contribution < -0.4 is 0 Å². The Morgan fingerprint density at radius 1 is 0.857 bits per heavy atom. The van der Waals surface area contributed by atoms with Crippen molar-refractivity contribution in [2.45, 2.75) is 89.8 Å². The molecule has 2 heteroatoms. The van der Waals surface area contributed by atoms with Gasteiger partial charge in [-0.15, -0.1) is 0 Å². The summed E-state index contributed by atoms with van der Waals surface area (Å²) in [5.74, 6) is 3.48. The van der Waals surface area contributed by atoms with Gasteiger partial charge in [-0.2, -0.15) is 0 Å². The predicted octanol–water partition coefficient (Wildman–Crippen LogP) is 5.31. The highest BCUT2D eigenvalue weighted by molar-refractivity contribution is 4.96. The van der Waals surface area contributed by atoms with E-state index in [-0.39, 0.29) is 6.29 Å². The van der Waals surface area contributed by atoms with Crippen molar-refractivity contribution in [3.05, 3.63) is 0 Å². The van der Waals surface area contributed by atoms with Gasteiger partial charge in [0.2, 0.25) is 0 Å². The summed E-state index contributed by atoms with van der Waals surface area (Å²) >= 11 is 0. The number of unbranched alkanes of at least 4 members (excludes halogenated alkanes) is 5. The average molecular weight is 294 g/mol. The first kappa shape index (κ1) is 15.8. The molecule has 0 N–H and O–H groups in total. The van der Waals surface area contributed by atoms with Crippen molar-refractivity contribution in [2.24, 2.45) is 17.8 Å². The molecule has 0 radical (unpaired) electrons. The van der Waals surface area contributed by atoms with Gasteiger partial charge in [-0.3, -0.25) is 0 Å². The first-order valence-electron chi connectivity index (χ1n) is 9.66. The van der Waals surface area contributed by atoms with Crippen LogP contribution in [0.4, 0.5) is 0 Å². The molecule has 0 aromatic heterocycles. The highest BCUT2D eigenvalue weighted by Crippen LogP contribution is 2.56. The Hall–Kier alpha value is -0.0800. The molecule has 3 aliphatic rings. The minimum absolute atomic E-state index is 0.108. The van der Waals surface area contributed by atoms with Gasteiger partial charge in [0, 0.05) is 13.2 Å². The summed E-state index contributed by atoms with van der Waals surface area (Å²) in [6.45, 7) is 1.79. The van der Waals surface area contributed by atoms with Gasteiger partial charge in [-0.25, -0.2) is 0 Å². The van der Waals surface area contributed by atoms with E-state index >= 15 is 0 Å². The van der Waals surface area contributed by atoms with Gasteiger partial charge in [0.25, 0.3) is 0 Å². The summed E-state index contributed by atoms with van der Waals surface area (Å²) in [4.78, 5) is 0. The molecule has 0 bridgehead atoms. The molecule has 21 heavy (non-hydrogen) atoms. The molecule has 0 amide bonds. The van der Waals surface area contributed by atoms with Gasteiger partial charge in [-0.05, 0) is 62.7 Å². The second-order valence-corrected chi connectivity index (χ2v) is 7.57. The van der Waals surface area contributed by atoms with Crippen LogP contribution in [0.2, 0.25) is 0 Å². The summed E-state index contributed by atoms with van der Waals surface area (Å²) in [7, 11) is 0. The Morgan fingerprint density at radius 3 is 2.43 bits per heavy atom. The topological polar surface area (TPSA) is 18.5 Å². The van der Waals surface area contributed by atoms with E-state index < -0.39 is 0 Å². The lowest BCUT2D eigenvalue weighted by atomic mass is 10.1. The Kier molecular flexibility index (Phi) is 6.42. The van der Waals surface area contributed by atoms with Crippen LogP contribution in [0.15, 0.2) is 0 Å². The molecular formula is C19H34O2. The van der Waals surface area contributed by atoms with Gasteiger partial charge < -0.3 is 9.47 Å². The quantitative estimate of drug-likeness (QED) is 0.481. The van der Waals surface area contributed by atoms with E-state index in [0.717, 1.165) is 25.6 Å². The minimum Gasteiger partial charge on any atom is -0.353 e. The van der Waals surface area contributed by atoms with Crippen molar-refractivity contribution in [2.75, 3.05) is 13.2 Å². The molecule has 2 aliphatic carbocycles. The summed E-state index contributed by atoms with van der Waals surface area (Å²) in [6, 6.07) is 0. The second-order valence-electron chi connectivity index (χ2n) is 7.57. The molecule has 2 saturated carbocycles. The van der Waals surface area contributed by atoms with Crippen molar-refractivity contribution in [1.29, 1.82) is 0 Å². The van der Waals surface area contributed by atoms with Crippen LogP contribution >= 0.6 is 0 Å². The van der Waals surface area contributed by atoms with E-state index in [0.29, 0.717) is 0 Å². The van der Waals surface area contributed by atoms with E-state index in [1.807, 2.05) is 0 Å². The van der Waals surface area contributed by atoms with Crippen LogP contribution in [0, 0.1) is 17.8 Å². The first-order valence-corrected chi connectivity index (χ1v) is 9.66. The van der Waals surface area contributed by atoms with Crippen LogP contribution in [0.5, 0.6) is 0 Å². The van der Waals surface area contributed by atoms with E-state index in [9.17, 15) is 0 Å². The number of rotatable bonds is 11. The van der Waals surface area contributed by atoms with Crippen LogP contribution in [-0.4, -0.2) is 19.5 Å². The molecule has 0 spiro atoms. The maximum absolute atomic E-state index is 5.77. The van der Waals surface area contributed by atoms with Gasteiger partial charge in [-0.1, -0.05) is 38.5 Å². The van der Waals surface area contributed by atoms with Crippen molar-refractivity contribution in [3.63, 3.8) is 0 Å². The highest BCUT2D eigenvalue weighted by atomic mass is 16.7. The molecule has 3 unspecified atom stereocenters. The Morgan fingerprint density at radius 2 is 1.67 bits per heavy atom. The smallest absolute Gasteiger partial charge is 0.157 e. The van der Waals surface area contributed by atoms with Gasteiger partial charge in [0.05, 0.1) is 0 Å². The summed E-state index contributed by atoms with van der Waals surface area (Å²) in [5, 5.41) is 0. The SMILES string of the molecule is C(CCCCC1CC1C1CC1)CCCOC1CCCCO1. The molecule has 0 aromatic rings. The Bertz CT molecular complexity index is 281. The van der Waals surface area contributed by atoms with Crippen molar-refractivity contribution >= 4 is 0 Å². The van der Waals surface area contributed by atoms with Crippen molar-refractivity contribution in [3.8, 4) is 0 Å². The Labute approximate surface area is 131 Å². The molecular weight excluding hydrogens is 260 g/mol. The van der Waals surface area contributed by atoms with Gasteiger partial charge >= 0.3 is 0 Å². The zero-order valence-corrected chi connectivity index (χ0v) is 13.7. The summed E-state index contributed by atoms with van der Waals surface area (Å²) in [6.07, 6.45) is 18.2. The third kappa shape index (κ3) is 5.90. The van der Waals surface area contributed by atoms with E-state index in [1.165, 1.54) is 69.6 Å². The molecule has 3 fully saturated rings. The van der Waals surface area contributed by atoms with E-state index in [1.54, 1.807) is 19.3 Å². The Balaban J connectivity index is 1.05. The molecule has 122 valence electrons. The molecule has 1 saturated heterocycles. The first-order chi connectivity index (χ1) is 10.4. The lowest BCUT2D eigenvalue weighted by molar-refractivity contribution is -0.162. The monoisotopic (exact) mass is 294 g/mol. The van der Waals surface area contributed by atoms with Gasteiger partial charge in [0.1, 0.15) is 0 Å². The standard InChI is InChI=1S/C19H34O2/c1(3-5-9-17-15-18(17)16-11-12-16)2-4-7-13-20-19-10-6-8-14-21-19/h16-19H,1-15H2. The maximum atomic E-state index is 5.77. The zero-order chi connectivity index (χ0) is 14.3. The molecule has 3 atom stereocenters. The molecule has 0 aromatic carbocycles. The molecule has 3 rings (SSSR count). The average Bonchev–Trinajstić information content (AvgIpc) is 3.39. The third-order valence-electron chi connectivity index (χ3n) is 5.62. The second kappa shape index (κ2) is 8.53. The van der Waals surface area contributed by atoms with Crippen LogP contribution in [0.25, 0.3) is 0 Å². The zero-order valence-electron chi connectivity index (χ0n) is 13.7. The molecule has 1 heterocycles. The highest BCUT2D eigenvalue weighted by Gasteiger charge is 2.46. The van der Waals surface area contributed by atoms with Gasteiger partial charge in [0.15, 0.2) is 6.29 Å². The summed E-state index contributed by atoms with van der Waals surface area (Å²) in [5.41, 5.74) is 0. The number of ether oxygens (including phenoxy) is 2. The predicted molar refractivity (Wildman–Crippen MR) is 86.2 cm³/mol. The minimum atomic E-state index is 0.108. The van der Waals surface area contributed by atoms with Crippen LogP contribution in [-0.2, 0) is 9.47 Å². The fourth-order valence-corrected chi connectivity index (χ4v) is 3.98. The van der Waals surface area contributed by atoms with Crippen LogP contribution in [0.1, 0.15) is 83.5 Å². The number of hydrogen-bond acceptors (Lipinski definition) is 2.